The zero-order valence-corrected chi connectivity index (χ0v) is 19.7. The minimum Gasteiger partial charge on any atom is -0.460 e. The van der Waals surface area contributed by atoms with Crippen molar-refractivity contribution in [3.05, 3.63) is 12.2 Å². The van der Waals surface area contributed by atoms with Crippen molar-refractivity contribution in [2.24, 2.45) is 5.92 Å². The van der Waals surface area contributed by atoms with Crippen LogP contribution in [0.15, 0.2) is 12.2 Å². The normalized spacial score (nSPS) is 12.0. The quantitative estimate of drug-likeness (QED) is 0.200. The van der Waals surface area contributed by atoms with Crippen LogP contribution in [-0.2, 0) is 23.4 Å². The van der Waals surface area contributed by atoms with Crippen molar-refractivity contribution in [2.45, 2.75) is 65.8 Å². The van der Waals surface area contributed by atoms with Gasteiger partial charge < -0.3 is 24.0 Å². The Balaban J connectivity index is 3.72. The number of nitrogens with one attached hydrogen (secondary N) is 1. The molecular weight excluding hydrogens is 378 g/mol. The Kier molecular flexibility index (Phi) is 12.3. The van der Waals surface area contributed by atoms with E-state index >= 15 is 0 Å². The number of esters is 1. The predicted molar refractivity (Wildman–Crippen MR) is 113 cm³/mol. The van der Waals surface area contributed by atoms with Gasteiger partial charge in [0.15, 0.2) is 8.32 Å². The van der Waals surface area contributed by atoms with E-state index in [9.17, 15) is 9.59 Å². The fourth-order valence-corrected chi connectivity index (χ4v) is 5.01. The van der Waals surface area contributed by atoms with E-state index in [0.717, 1.165) is 12.5 Å². The summed E-state index contributed by atoms with van der Waals surface area (Å²) < 4.78 is 21.8. The van der Waals surface area contributed by atoms with E-state index in [1.54, 1.807) is 6.92 Å². The van der Waals surface area contributed by atoms with Gasteiger partial charge in [-0.3, -0.25) is 0 Å². The van der Waals surface area contributed by atoms with Gasteiger partial charge in [0.25, 0.3) is 0 Å². The van der Waals surface area contributed by atoms with Gasteiger partial charge in [-0.15, -0.1) is 0 Å². The smallest absolute Gasteiger partial charge is 0.407 e. The second kappa shape index (κ2) is 13.0. The first-order valence-electron chi connectivity index (χ1n) is 9.88. The second-order valence-corrected chi connectivity index (χ2v) is 12.5. The molecule has 0 aliphatic rings. The molecule has 1 amide bonds. The highest BCUT2D eigenvalue weighted by molar-refractivity contribution is 6.71. The van der Waals surface area contributed by atoms with Crippen molar-refractivity contribution in [1.29, 1.82) is 0 Å². The van der Waals surface area contributed by atoms with Gasteiger partial charge in [-0.05, 0) is 52.2 Å². The Hall–Kier alpha value is -1.38. The highest BCUT2D eigenvalue weighted by Crippen LogP contribution is 2.27. The molecule has 0 aliphatic carbocycles. The van der Waals surface area contributed by atoms with E-state index in [1.807, 2.05) is 0 Å². The van der Waals surface area contributed by atoms with Crippen LogP contribution in [0.25, 0.3) is 0 Å². The number of rotatable bonds is 14. The van der Waals surface area contributed by atoms with E-state index < -0.39 is 20.4 Å². The lowest BCUT2D eigenvalue weighted by Gasteiger charge is -2.38. The first-order valence-corrected chi connectivity index (χ1v) is 13.0. The maximum Gasteiger partial charge on any atom is 0.407 e. The third-order valence-corrected chi connectivity index (χ3v) is 7.05. The van der Waals surface area contributed by atoms with Gasteiger partial charge >= 0.3 is 12.1 Å². The molecule has 0 unspecified atom stereocenters. The third-order valence-electron chi connectivity index (χ3n) is 4.41. The Morgan fingerprint density at radius 2 is 1.71 bits per heavy atom. The molecule has 0 radical (unpaired) electrons. The molecule has 0 aromatic carbocycles. The SMILES string of the molecule is C=C(C)C(=O)OCCNC(=O)OCCOCCC[Si](C)(C)OC(C)(C)C(C)C. The molecular formula is C20H39NO6Si. The molecule has 0 saturated carbocycles. The maximum absolute atomic E-state index is 11.5. The largest absolute Gasteiger partial charge is 0.460 e. The summed E-state index contributed by atoms with van der Waals surface area (Å²) in [5.41, 5.74) is 0.210. The molecule has 0 fully saturated rings. The summed E-state index contributed by atoms with van der Waals surface area (Å²) in [6.07, 6.45) is 0.362. The van der Waals surface area contributed by atoms with Crippen LogP contribution in [-0.4, -0.2) is 59.0 Å². The Morgan fingerprint density at radius 1 is 1.07 bits per heavy atom. The Labute approximate surface area is 171 Å². The molecule has 7 nitrogen and oxygen atoms in total. The molecule has 0 bridgehead atoms. The van der Waals surface area contributed by atoms with E-state index in [0.29, 0.717) is 24.7 Å². The summed E-state index contributed by atoms with van der Waals surface area (Å²) >= 11 is 0. The molecule has 8 heteroatoms. The number of hydrogen-bond acceptors (Lipinski definition) is 6. The molecule has 28 heavy (non-hydrogen) atoms. The predicted octanol–water partition coefficient (Wildman–Crippen LogP) is 3.89. The van der Waals surface area contributed by atoms with Crippen molar-refractivity contribution in [3.63, 3.8) is 0 Å². The summed E-state index contributed by atoms with van der Waals surface area (Å²) in [5, 5.41) is 2.50. The zero-order valence-electron chi connectivity index (χ0n) is 18.7. The summed E-state index contributed by atoms with van der Waals surface area (Å²) in [5.74, 6) is -0.00931. The maximum atomic E-state index is 11.5. The lowest BCUT2D eigenvalue weighted by molar-refractivity contribution is -0.138. The van der Waals surface area contributed by atoms with Gasteiger partial charge in [0.2, 0.25) is 0 Å². The van der Waals surface area contributed by atoms with E-state index in [4.69, 9.17) is 18.6 Å². The number of amides is 1. The average molecular weight is 418 g/mol. The molecule has 0 rings (SSSR count). The van der Waals surface area contributed by atoms with Crippen LogP contribution >= 0.6 is 0 Å². The summed E-state index contributed by atoms with van der Waals surface area (Å²) in [4.78, 5) is 22.6. The van der Waals surface area contributed by atoms with Gasteiger partial charge in [0.1, 0.15) is 13.2 Å². The van der Waals surface area contributed by atoms with Gasteiger partial charge in [-0.1, -0.05) is 20.4 Å². The fourth-order valence-electron chi connectivity index (χ4n) is 2.25. The van der Waals surface area contributed by atoms with E-state index in [-0.39, 0.29) is 25.4 Å². The van der Waals surface area contributed by atoms with E-state index in [1.165, 1.54) is 0 Å². The monoisotopic (exact) mass is 417 g/mol. The Bertz CT molecular complexity index is 505. The minimum atomic E-state index is -1.74. The van der Waals surface area contributed by atoms with Gasteiger partial charge in [0.05, 0.1) is 18.8 Å². The summed E-state index contributed by atoms with van der Waals surface area (Å²) in [6.45, 7) is 19.6. The van der Waals surface area contributed by atoms with Gasteiger partial charge in [-0.2, -0.15) is 0 Å². The van der Waals surface area contributed by atoms with Crippen molar-refractivity contribution in [2.75, 3.05) is 33.0 Å². The molecule has 0 aliphatic heterocycles. The van der Waals surface area contributed by atoms with Crippen molar-refractivity contribution in [1.82, 2.24) is 5.32 Å². The van der Waals surface area contributed by atoms with Crippen LogP contribution in [0.5, 0.6) is 0 Å². The third kappa shape index (κ3) is 12.9. The number of ether oxygens (including phenoxy) is 3. The second-order valence-electron chi connectivity index (χ2n) is 8.31. The highest BCUT2D eigenvalue weighted by Gasteiger charge is 2.32. The molecule has 0 aromatic heterocycles. The molecule has 0 aromatic rings. The summed E-state index contributed by atoms with van der Waals surface area (Å²) in [6, 6.07) is 1.02. The fraction of sp³-hybridized carbons (Fsp3) is 0.800. The van der Waals surface area contributed by atoms with Gasteiger partial charge in [0, 0.05) is 12.2 Å². The number of alkyl carbamates (subject to hydrolysis) is 1. The summed E-state index contributed by atoms with van der Waals surface area (Å²) in [7, 11) is -1.74. The van der Waals surface area contributed by atoms with Gasteiger partial charge in [-0.25, -0.2) is 9.59 Å². The lowest BCUT2D eigenvalue weighted by Crippen LogP contribution is -2.43. The topological polar surface area (TPSA) is 83.1 Å². The van der Waals surface area contributed by atoms with Crippen LogP contribution < -0.4 is 5.32 Å². The van der Waals surface area contributed by atoms with Crippen molar-refractivity contribution < 1.29 is 28.2 Å². The number of hydrogen-bond donors (Lipinski definition) is 1. The van der Waals surface area contributed by atoms with Crippen LogP contribution in [0.4, 0.5) is 4.79 Å². The Morgan fingerprint density at radius 3 is 2.29 bits per heavy atom. The number of carbonyl (C=O) groups is 2. The van der Waals surface area contributed by atoms with Crippen LogP contribution in [0.2, 0.25) is 19.1 Å². The van der Waals surface area contributed by atoms with Crippen molar-refractivity contribution in [3.8, 4) is 0 Å². The highest BCUT2D eigenvalue weighted by atomic mass is 28.4. The van der Waals surface area contributed by atoms with Crippen LogP contribution in [0.1, 0.15) is 41.0 Å². The number of carbonyl (C=O) groups excluding carboxylic acids is 2. The molecule has 0 spiro atoms. The lowest BCUT2D eigenvalue weighted by atomic mass is 9.95. The van der Waals surface area contributed by atoms with Crippen LogP contribution in [0, 0.1) is 5.92 Å². The molecule has 0 saturated heterocycles. The first kappa shape index (κ1) is 26.6. The average Bonchev–Trinajstić information content (AvgIpc) is 2.56. The molecule has 0 atom stereocenters. The van der Waals surface area contributed by atoms with E-state index in [2.05, 4.69) is 52.7 Å². The standard InChI is InChI=1S/C20H39NO6Si/c1-16(2)18(22)25-12-10-21-19(23)26-14-13-24-11-9-15-28(7,8)27-20(5,6)17(3)4/h17H,1,9-15H2,2-8H3,(H,21,23). The molecule has 1 N–H and O–H groups in total. The van der Waals surface area contributed by atoms with Crippen molar-refractivity contribution >= 4 is 20.4 Å². The van der Waals surface area contributed by atoms with Crippen LogP contribution in [0.3, 0.4) is 0 Å². The first-order chi connectivity index (χ1) is 12.9. The minimum absolute atomic E-state index is 0.0760. The molecule has 164 valence electrons. The zero-order chi connectivity index (χ0) is 21.8. The molecule has 0 heterocycles.